The molecule has 4 bridgehead atoms. The molecule has 2 saturated heterocycles. The summed E-state index contributed by atoms with van der Waals surface area (Å²) in [6, 6.07) is 19.6. The van der Waals surface area contributed by atoms with Crippen LogP contribution in [0.25, 0.3) is 0 Å². The summed E-state index contributed by atoms with van der Waals surface area (Å²) in [7, 11) is 0. The molecule has 10 heteroatoms. The number of amides is 4. The van der Waals surface area contributed by atoms with Crippen LogP contribution in [0.15, 0.2) is 84.0 Å². The van der Waals surface area contributed by atoms with Crippen LogP contribution in [0.5, 0.6) is 0 Å². The minimum atomic E-state index is -1.32. The second kappa shape index (κ2) is 8.68. The van der Waals surface area contributed by atoms with Crippen LogP contribution in [-0.2, 0) is 24.6 Å². The Hall–Kier alpha value is -5.25. The number of hydrogen-bond acceptors (Lipinski definition) is 7. The molecule has 0 N–H and O–H groups in total. The summed E-state index contributed by atoms with van der Waals surface area (Å²) in [5.74, 6) is -4.99. The highest BCUT2D eigenvalue weighted by molar-refractivity contribution is 6.26. The lowest BCUT2D eigenvalue weighted by Gasteiger charge is -2.52. The highest BCUT2D eigenvalue weighted by Gasteiger charge is 2.69. The van der Waals surface area contributed by atoms with Crippen LogP contribution in [0.4, 0.5) is 11.4 Å². The van der Waals surface area contributed by atoms with Gasteiger partial charge in [-0.1, -0.05) is 66.7 Å². The molecule has 3 aromatic carbocycles. The van der Waals surface area contributed by atoms with Crippen LogP contribution in [0.1, 0.15) is 40.2 Å². The standard InChI is InChI=1S/C35H26N4O6/c1-17-10-13-24(25(14-17)39(44)45)37-31(40)29-28-20-6-2-4-8-22(20)35(30(29)34(37)43,23-9-5-3-7-21(23)28)16-36-38-32(41)26-18-11-12-19(15-18)27(26)33(38)42/h2-14,16,18-19,26-30H,15H2,1H3/b36-16-/t18-,19-,26-,27+,28?,29+,30-,35?/m0/s1. The summed E-state index contributed by atoms with van der Waals surface area (Å²) in [5.41, 5.74) is 2.13. The SMILES string of the molecule is Cc1ccc(N2C(=O)[C@@H]3C4c5ccccc5C(/C=N\N5C(=O)[C@@H]6[C@H](C5=O)[C@H]5C=C[C@H]6C5)(c5ccccc54)[C@@H]3C2=O)c([N+](=O)[O-])c1. The molecule has 0 unspecified atom stereocenters. The van der Waals surface area contributed by atoms with E-state index in [-0.39, 0.29) is 35.0 Å². The molecule has 7 aliphatic rings. The summed E-state index contributed by atoms with van der Waals surface area (Å²) < 4.78 is 0. The van der Waals surface area contributed by atoms with Crippen LogP contribution in [0.3, 0.4) is 0 Å². The van der Waals surface area contributed by atoms with Crippen molar-refractivity contribution in [2.24, 2.45) is 40.6 Å². The molecule has 10 rings (SSSR count). The molecule has 6 atom stereocenters. The summed E-state index contributed by atoms with van der Waals surface area (Å²) in [6.07, 6.45) is 6.36. The van der Waals surface area contributed by atoms with Crippen LogP contribution < -0.4 is 4.90 Å². The molecule has 2 aliphatic heterocycles. The first-order chi connectivity index (χ1) is 21.7. The Morgan fingerprint density at radius 3 is 2.02 bits per heavy atom. The first-order valence-corrected chi connectivity index (χ1v) is 15.2. The van der Waals surface area contributed by atoms with E-state index in [1.807, 2.05) is 60.7 Å². The van der Waals surface area contributed by atoms with E-state index < -0.39 is 51.7 Å². The predicted molar refractivity (Wildman–Crippen MR) is 161 cm³/mol. The number of nitro groups is 1. The van der Waals surface area contributed by atoms with Crippen molar-refractivity contribution >= 4 is 41.2 Å². The molecule has 222 valence electrons. The van der Waals surface area contributed by atoms with Gasteiger partial charge >= 0.3 is 0 Å². The molecule has 1 saturated carbocycles. The van der Waals surface area contributed by atoms with Crippen LogP contribution in [-0.4, -0.2) is 39.8 Å². The molecule has 0 aromatic heterocycles. The smallest absolute Gasteiger partial charge is 0.274 e. The van der Waals surface area contributed by atoms with Gasteiger partial charge in [0.2, 0.25) is 11.8 Å². The van der Waals surface area contributed by atoms with Crippen molar-refractivity contribution < 1.29 is 24.1 Å². The number of carbonyl (C=O) groups excluding carboxylic acids is 4. The number of anilines is 1. The number of rotatable bonds is 4. The van der Waals surface area contributed by atoms with E-state index in [9.17, 15) is 29.3 Å². The van der Waals surface area contributed by atoms with Gasteiger partial charge in [-0.25, -0.2) is 4.90 Å². The van der Waals surface area contributed by atoms with Gasteiger partial charge in [-0.3, -0.25) is 29.3 Å². The Bertz CT molecular complexity index is 1920. The van der Waals surface area contributed by atoms with Gasteiger partial charge in [-0.05, 0) is 59.1 Å². The van der Waals surface area contributed by atoms with E-state index in [0.29, 0.717) is 5.56 Å². The molecule has 0 spiro atoms. The second-order valence-corrected chi connectivity index (χ2v) is 13.0. The molecule has 2 heterocycles. The summed E-state index contributed by atoms with van der Waals surface area (Å²) >= 11 is 0. The highest BCUT2D eigenvalue weighted by atomic mass is 16.6. The van der Waals surface area contributed by atoms with E-state index in [2.05, 4.69) is 5.10 Å². The minimum Gasteiger partial charge on any atom is -0.274 e. The first kappa shape index (κ1) is 26.2. The van der Waals surface area contributed by atoms with Crippen LogP contribution in [0, 0.1) is 52.5 Å². The Balaban J connectivity index is 1.25. The molecular weight excluding hydrogens is 572 g/mol. The van der Waals surface area contributed by atoms with Crippen molar-refractivity contribution in [2.75, 3.05) is 4.90 Å². The number of fused-ring (bicyclic) bond motifs is 5. The van der Waals surface area contributed by atoms with E-state index in [0.717, 1.165) is 38.6 Å². The number of nitro benzene ring substituents is 1. The van der Waals surface area contributed by atoms with Crippen molar-refractivity contribution in [1.29, 1.82) is 0 Å². The maximum Gasteiger partial charge on any atom is 0.293 e. The van der Waals surface area contributed by atoms with Crippen molar-refractivity contribution in [1.82, 2.24) is 5.01 Å². The van der Waals surface area contributed by atoms with E-state index in [4.69, 9.17) is 0 Å². The molecule has 10 nitrogen and oxygen atoms in total. The first-order valence-electron chi connectivity index (χ1n) is 15.2. The van der Waals surface area contributed by atoms with Gasteiger partial charge in [0.25, 0.3) is 17.5 Å². The lowest BCUT2D eigenvalue weighted by molar-refractivity contribution is -0.384. The fraction of sp³-hybridized carbons (Fsp3) is 0.286. The third-order valence-corrected chi connectivity index (χ3v) is 11.1. The van der Waals surface area contributed by atoms with E-state index in [1.165, 1.54) is 18.3 Å². The zero-order chi connectivity index (χ0) is 30.9. The number of hydrazone groups is 1. The van der Waals surface area contributed by atoms with Crippen molar-refractivity contribution in [2.45, 2.75) is 24.7 Å². The molecule has 45 heavy (non-hydrogen) atoms. The fourth-order valence-corrected chi connectivity index (χ4v) is 9.41. The quantitative estimate of drug-likeness (QED) is 0.145. The second-order valence-electron chi connectivity index (χ2n) is 13.0. The van der Waals surface area contributed by atoms with Crippen molar-refractivity contribution in [3.05, 3.63) is 117 Å². The number of nitrogens with zero attached hydrogens (tertiary/aromatic N) is 4. The monoisotopic (exact) mass is 598 g/mol. The third-order valence-electron chi connectivity index (χ3n) is 11.1. The van der Waals surface area contributed by atoms with Gasteiger partial charge in [-0.2, -0.15) is 10.1 Å². The zero-order valence-electron chi connectivity index (χ0n) is 24.1. The molecule has 3 fully saturated rings. The normalized spacial score (nSPS) is 33.3. The molecule has 4 amide bonds. The topological polar surface area (TPSA) is 130 Å². The lowest BCUT2D eigenvalue weighted by Crippen LogP contribution is -2.55. The van der Waals surface area contributed by atoms with Gasteiger partial charge in [-0.15, -0.1) is 0 Å². The maximum atomic E-state index is 14.7. The molecule has 3 aromatic rings. The third kappa shape index (κ3) is 3.06. The van der Waals surface area contributed by atoms with Gasteiger partial charge in [0.15, 0.2) is 0 Å². The lowest BCUT2D eigenvalue weighted by atomic mass is 9.47. The predicted octanol–water partition coefficient (Wildman–Crippen LogP) is 4.25. The molecule has 0 radical (unpaired) electrons. The summed E-state index contributed by atoms with van der Waals surface area (Å²) in [4.78, 5) is 68.9. The largest absolute Gasteiger partial charge is 0.293 e. The van der Waals surface area contributed by atoms with Crippen molar-refractivity contribution in [3.8, 4) is 0 Å². The van der Waals surface area contributed by atoms with Gasteiger partial charge in [0.05, 0.1) is 34.0 Å². The highest BCUT2D eigenvalue weighted by Crippen LogP contribution is 2.64. The number of aryl methyl sites for hydroxylation is 1. The van der Waals surface area contributed by atoms with Crippen LogP contribution >= 0.6 is 0 Å². The molecular formula is C35H26N4O6. The molecule has 5 aliphatic carbocycles. The van der Waals surface area contributed by atoms with Gasteiger partial charge in [0.1, 0.15) is 5.69 Å². The summed E-state index contributed by atoms with van der Waals surface area (Å²) in [5, 5.41) is 17.7. The number of allylic oxidation sites excluding steroid dienone is 2. The number of benzene rings is 3. The van der Waals surface area contributed by atoms with Gasteiger partial charge in [0, 0.05) is 18.2 Å². The Morgan fingerprint density at radius 2 is 1.42 bits per heavy atom. The Morgan fingerprint density at radius 1 is 0.822 bits per heavy atom. The average Bonchev–Trinajstić information content (AvgIpc) is 3.79. The minimum absolute atomic E-state index is 0.0126. The maximum absolute atomic E-state index is 14.7. The van der Waals surface area contributed by atoms with E-state index >= 15 is 0 Å². The van der Waals surface area contributed by atoms with E-state index in [1.54, 1.807) is 13.0 Å². The summed E-state index contributed by atoms with van der Waals surface area (Å²) in [6.45, 7) is 1.71. The fourth-order valence-electron chi connectivity index (χ4n) is 9.41. The Labute approximate surface area is 257 Å². The number of imide groups is 2. The number of hydrogen-bond donors (Lipinski definition) is 0. The van der Waals surface area contributed by atoms with Crippen molar-refractivity contribution in [3.63, 3.8) is 0 Å². The number of carbonyl (C=O) groups is 4. The zero-order valence-corrected chi connectivity index (χ0v) is 24.1. The Kier molecular flexibility index (Phi) is 5.05. The van der Waals surface area contributed by atoms with Crippen LogP contribution in [0.2, 0.25) is 0 Å². The van der Waals surface area contributed by atoms with Gasteiger partial charge < -0.3 is 0 Å². The average molecular weight is 599 g/mol.